The van der Waals surface area contributed by atoms with Gasteiger partial charge in [0.1, 0.15) is 0 Å². The summed E-state index contributed by atoms with van der Waals surface area (Å²) in [5.41, 5.74) is 6.05. The van der Waals surface area contributed by atoms with Crippen LogP contribution in [0.1, 0.15) is 45.5 Å². The first kappa shape index (κ1) is 20.1. The summed E-state index contributed by atoms with van der Waals surface area (Å²) in [6.45, 7) is 9.43. The molecule has 2 aromatic carbocycles. The number of carbonyl (C=O) groups is 1. The molecule has 5 nitrogen and oxygen atoms in total. The Bertz CT molecular complexity index is 883. The van der Waals surface area contributed by atoms with Crippen molar-refractivity contribution in [2.45, 2.75) is 46.6 Å². The van der Waals surface area contributed by atoms with Crippen molar-refractivity contribution < 1.29 is 9.53 Å². The molecule has 1 amide bonds. The Morgan fingerprint density at radius 3 is 2.57 bits per heavy atom. The van der Waals surface area contributed by atoms with Crippen LogP contribution in [-0.4, -0.2) is 31.1 Å². The van der Waals surface area contributed by atoms with Gasteiger partial charge in [-0.2, -0.15) is 0 Å². The Morgan fingerprint density at radius 2 is 1.86 bits per heavy atom. The average Bonchev–Trinajstić information content (AvgIpc) is 3.18. The predicted molar refractivity (Wildman–Crippen MR) is 114 cm³/mol. The van der Waals surface area contributed by atoms with E-state index in [1.165, 1.54) is 0 Å². The fourth-order valence-electron chi connectivity index (χ4n) is 3.15. The van der Waals surface area contributed by atoms with Crippen LogP contribution in [0.2, 0.25) is 0 Å². The van der Waals surface area contributed by atoms with Crippen molar-refractivity contribution >= 4 is 17.6 Å². The van der Waals surface area contributed by atoms with E-state index in [2.05, 4.69) is 33.8 Å². The van der Waals surface area contributed by atoms with Crippen LogP contribution in [-0.2, 0) is 4.74 Å². The molecule has 148 valence electrons. The summed E-state index contributed by atoms with van der Waals surface area (Å²) in [5.74, 6) is 0.277. The van der Waals surface area contributed by atoms with E-state index in [4.69, 9.17) is 4.74 Å². The molecule has 1 aliphatic heterocycles. The summed E-state index contributed by atoms with van der Waals surface area (Å²) in [5, 5.41) is 6.24. The molecular formula is C23H29N3O2. The Balaban J connectivity index is 1.80. The van der Waals surface area contributed by atoms with Gasteiger partial charge in [-0.1, -0.05) is 18.2 Å². The van der Waals surface area contributed by atoms with Crippen molar-refractivity contribution in [2.75, 3.05) is 18.5 Å². The number of rotatable bonds is 4. The molecule has 0 aliphatic carbocycles. The van der Waals surface area contributed by atoms with Gasteiger partial charge < -0.3 is 10.1 Å². The second kappa shape index (κ2) is 9.02. The maximum Gasteiger partial charge on any atom is 0.257 e. The lowest BCUT2D eigenvalue weighted by Gasteiger charge is -2.15. The van der Waals surface area contributed by atoms with E-state index in [9.17, 15) is 4.79 Å². The molecule has 1 atom stereocenters. The molecule has 1 saturated heterocycles. The fourth-order valence-corrected chi connectivity index (χ4v) is 3.15. The molecule has 1 unspecified atom stereocenters. The molecule has 0 spiro atoms. The van der Waals surface area contributed by atoms with E-state index in [-0.39, 0.29) is 12.0 Å². The zero-order valence-corrected chi connectivity index (χ0v) is 17.1. The van der Waals surface area contributed by atoms with Gasteiger partial charge in [-0.15, -0.1) is 0 Å². The van der Waals surface area contributed by atoms with Gasteiger partial charge in [-0.3, -0.25) is 10.1 Å². The lowest BCUT2D eigenvalue weighted by Crippen LogP contribution is -2.37. The molecule has 2 N–H and O–H groups in total. The molecule has 3 rings (SSSR count). The van der Waals surface area contributed by atoms with Gasteiger partial charge in [0.25, 0.3) is 5.91 Å². The molecule has 2 aromatic rings. The second-order valence-electron chi connectivity index (χ2n) is 7.52. The molecule has 0 bridgehead atoms. The summed E-state index contributed by atoms with van der Waals surface area (Å²) in [6.07, 6.45) is 2.19. The van der Waals surface area contributed by atoms with Crippen molar-refractivity contribution in [3.63, 3.8) is 0 Å². The minimum Gasteiger partial charge on any atom is -0.376 e. The standard InChI is InChI=1S/C23H29N3O2/c1-15-7-8-17(3)21(12-15)25-23(24-14-20-6-5-11-28-20)26-22(27)19-10-9-16(2)18(4)13-19/h7-10,12-13,20H,5-6,11,14H2,1-4H3,(H2,24,25,26,27). The highest BCUT2D eigenvalue weighted by Gasteiger charge is 2.16. The van der Waals surface area contributed by atoms with Crippen LogP contribution in [0.4, 0.5) is 5.69 Å². The van der Waals surface area contributed by atoms with Crippen LogP contribution in [0.25, 0.3) is 0 Å². The number of aryl methyl sites for hydroxylation is 4. The number of anilines is 1. The zero-order valence-electron chi connectivity index (χ0n) is 17.1. The molecule has 1 aliphatic rings. The Morgan fingerprint density at radius 1 is 1.07 bits per heavy atom. The van der Waals surface area contributed by atoms with E-state index < -0.39 is 0 Å². The molecule has 1 heterocycles. The number of amides is 1. The Labute approximate surface area is 167 Å². The van der Waals surface area contributed by atoms with Gasteiger partial charge in [0.05, 0.1) is 12.6 Å². The number of ether oxygens (including phenoxy) is 1. The number of benzene rings is 2. The SMILES string of the molecule is Cc1ccc(C)c(NC(=NCC2CCCO2)NC(=O)c2ccc(C)c(C)c2)c1. The lowest BCUT2D eigenvalue weighted by molar-refractivity contribution is 0.0975. The number of guanidine groups is 1. The van der Waals surface area contributed by atoms with Crippen molar-refractivity contribution in [3.8, 4) is 0 Å². The van der Waals surface area contributed by atoms with Gasteiger partial charge in [-0.25, -0.2) is 4.99 Å². The highest BCUT2D eigenvalue weighted by Crippen LogP contribution is 2.17. The van der Waals surface area contributed by atoms with Crippen molar-refractivity contribution in [2.24, 2.45) is 4.99 Å². The predicted octanol–water partition coefficient (Wildman–Crippen LogP) is 4.30. The monoisotopic (exact) mass is 379 g/mol. The second-order valence-corrected chi connectivity index (χ2v) is 7.52. The van der Waals surface area contributed by atoms with Crippen LogP contribution in [0.5, 0.6) is 0 Å². The maximum atomic E-state index is 12.8. The molecule has 28 heavy (non-hydrogen) atoms. The highest BCUT2D eigenvalue weighted by molar-refractivity contribution is 6.10. The number of nitrogens with zero attached hydrogens (tertiary/aromatic N) is 1. The smallest absolute Gasteiger partial charge is 0.257 e. The summed E-state index contributed by atoms with van der Waals surface area (Å²) < 4.78 is 5.67. The van der Waals surface area contributed by atoms with E-state index in [0.29, 0.717) is 18.1 Å². The van der Waals surface area contributed by atoms with Gasteiger partial charge in [0.2, 0.25) is 5.96 Å². The summed E-state index contributed by atoms with van der Waals surface area (Å²) in [7, 11) is 0. The number of hydrogen-bond acceptors (Lipinski definition) is 3. The number of nitrogens with one attached hydrogen (secondary N) is 2. The minimum absolute atomic E-state index is 0.119. The molecule has 0 aromatic heterocycles. The average molecular weight is 380 g/mol. The van der Waals surface area contributed by atoms with E-state index in [1.54, 1.807) is 0 Å². The van der Waals surface area contributed by atoms with Crippen molar-refractivity contribution in [1.29, 1.82) is 0 Å². The third-order valence-corrected chi connectivity index (χ3v) is 5.12. The Hall–Kier alpha value is -2.66. The first-order valence-corrected chi connectivity index (χ1v) is 9.81. The van der Waals surface area contributed by atoms with Crippen molar-refractivity contribution in [1.82, 2.24) is 5.32 Å². The molecule has 1 fully saturated rings. The van der Waals surface area contributed by atoms with Crippen molar-refractivity contribution in [3.05, 3.63) is 64.2 Å². The fraction of sp³-hybridized carbons (Fsp3) is 0.391. The quantitative estimate of drug-likeness (QED) is 0.615. The molecular weight excluding hydrogens is 350 g/mol. The first-order valence-electron chi connectivity index (χ1n) is 9.81. The van der Waals surface area contributed by atoms with Crippen LogP contribution in [0, 0.1) is 27.7 Å². The zero-order chi connectivity index (χ0) is 20.1. The Kier molecular flexibility index (Phi) is 6.47. The minimum atomic E-state index is -0.174. The third-order valence-electron chi connectivity index (χ3n) is 5.12. The summed E-state index contributed by atoms with van der Waals surface area (Å²) in [6, 6.07) is 11.9. The van der Waals surface area contributed by atoms with Crippen LogP contribution in [0.3, 0.4) is 0 Å². The molecule has 0 saturated carbocycles. The van der Waals surface area contributed by atoms with E-state index in [1.807, 2.05) is 45.9 Å². The van der Waals surface area contributed by atoms with E-state index in [0.717, 1.165) is 47.4 Å². The maximum absolute atomic E-state index is 12.8. The third kappa shape index (κ3) is 5.20. The number of carbonyl (C=O) groups excluding carboxylic acids is 1. The normalized spacial score (nSPS) is 16.9. The topological polar surface area (TPSA) is 62.7 Å². The lowest BCUT2D eigenvalue weighted by atomic mass is 10.1. The van der Waals surface area contributed by atoms with E-state index >= 15 is 0 Å². The van der Waals surface area contributed by atoms with Crippen LogP contribution < -0.4 is 10.6 Å². The van der Waals surface area contributed by atoms with Gasteiger partial charge >= 0.3 is 0 Å². The number of hydrogen-bond donors (Lipinski definition) is 2. The largest absolute Gasteiger partial charge is 0.376 e. The van der Waals surface area contributed by atoms with Gasteiger partial charge in [-0.05, 0) is 81.0 Å². The number of aliphatic imine (C=N–C) groups is 1. The van der Waals surface area contributed by atoms with Gasteiger partial charge in [0.15, 0.2) is 0 Å². The van der Waals surface area contributed by atoms with Gasteiger partial charge in [0, 0.05) is 17.9 Å². The molecule has 5 heteroatoms. The van der Waals surface area contributed by atoms with Crippen LogP contribution >= 0.6 is 0 Å². The molecule has 0 radical (unpaired) electrons. The highest BCUT2D eigenvalue weighted by atomic mass is 16.5. The summed E-state index contributed by atoms with van der Waals surface area (Å²) >= 11 is 0. The van der Waals surface area contributed by atoms with Crippen LogP contribution in [0.15, 0.2) is 41.4 Å². The first-order chi connectivity index (χ1) is 13.4. The summed E-state index contributed by atoms with van der Waals surface area (Å²) in [4.78, 5) is 17.4.